The summed E-state index contributed by atoms with van der Waals surface area (Å²) in [6.45, 7) is 0. The van der Waals surface area contributed by atoms with Crippen LogP contribution in [0.3, 0.4) is 0 Å². The van der Waals surface area contributed by atoms with E-state index in [0.717, 1.165) is 18.4 Å². The topological polar surface area (TPSA) is 96.3 Å². The zero-order valence-electron chi connectivity index (χ0n) is 14.4. The van der Waals surface area contributed by atoms with Gasteiger partial charge in [0.25, 0.3) is 5.91 Å². The van der Waals surface area contributed by atoms with Crippen molar-refractivity contribution in [3.05, 3.63) is 78.1 Å². The normalized spacial score (nSPS) is 14.4. The number of rotatable bonds is 4. The Morgan fingerprint density at radius 3 is 2.22 bits per heavy atom. The van der Waals surface area contributed by atoms with E-state index < -0.39 is 11.3 Å². The molecule has 4 rings (SSSR count). The molecular weight excluding hydrogens is 344 g/mol. The third kappa shape index (κ3) is 3.15. The van der Waals surface area contributed by atoms with Gasteiger partial charge in [-0.3, -0.25) is 20.4 Å². The number of carbonyl (C=O) groups is 2. The lowest BCUT2D eigenvalue weighted by Gasteiger charge is -2.15. The maximum absolute atomic E-state index is 12.6. The van der Waals surface area contributed by atoms with Crippen LogP contribution in [-0.2, 0) is 10.2 Å². The Bertz CT molecular complexity index is 979. The third-order valence-electron chi connectivity index (χ3n) is 4.73. The summed E-state index contributed by atoms with van der Waals surface area (Å²) in [7, 11) is 0. The smallest absolute Gasteiger partial charge is 0.294 e. The van der Waals surface area contributed by atoms with Crippen molar-refractivity contribution in [2.75, 3.05) is 0 Å². The Balaban J connectivity index is 1.45. The van der Waals surface area contributed by atoms with E-state index in [1.807, 2.05) is 48.5 Å². The summed E-state index contributed by atoms with van der Waals surface area (Å²) in [6, 6.07) is 18.6. The summed E-state index contributed by atoms with van der Waals surface area (Å²) in [5.41, 5.74) is 5.67. The van der Waals surface area contributed by atoms with Gasteiger partial charge in [-0.1, -0.05) is 48.5 Å². The molecule has 0 unspecified atom stereocenters. The molecular formula is C20H18N4O3. The molecule has 3 N–H and O–H groups in total. The fraction of sp³-hybridized carbons (Fsp3) is 0.150. The fourth-order valence-electron chi connectivity index (χ4n) is 3.06. The second-order valence-corrected chi connectivity index (χ2v) is 6.50. The molecule has 1 heterocycles. The van der Waals surface area contributed by atoms with Crippen LogP contribution in [0, 0.1) is 0 Å². The summed E-state index contributed by atoms with van der Waals surface area (Å²) >= 11 is 0. The number of hydrogen-bond acceptors (Lipinski definition) is 4. The minimum absolute atomic E-state index is 0.163. The average Bonchev–Trinajstić information content (AvgIpc) is 3.44. The standard InChI is InChI=1S/C20H18N4O3/c25-16-13-24(15-9-5-2-6-10-15)23-17(16)18(26)21-22-19(27)20(11-12-20)14-7-3-1-4-8-14/h1-10,13,25H,11-12H2,(H,21,26)(H,22,27). The molecule has 1 aliphatic carbocycles. The SMILES string of the molecule is O=C(NNC(=O)C1(c2ccccc2)CC1)c1nn(-c2ccccc2)cc1O. The first-order valence-electron chi connectivity index (χ1n) is 8.60. The third-order valence-corrected chi connectivity index (χ3v) is 4.73. The number of nitrogens with zero attached hydrogens (tertiary/aromatic N) is 2. The maximum Gasteiger partial charge on any atom is 0.294 e. The first-order valence-corrected chi connectivity index (χ1v) is 8.60. The number of aromatic hydroxyl groups is 1. The van der Waals surface area contributed by atoms with Crippen molar-refractivity contribution in [1.82, 2.24) is 20.6 Å². The van der Waals surface area contributed by atoms with Crippen LogP contribution in [0.15, 0.2) is 66.9 Å². The van der Waals surface area contributed by atoms with Gasteiger partial charge in [-0.2, -0.15) is 5.10 Å². The van der Waals surface area contributed by atoms with E-state index in [4.69, 9.17) is 0 Å². The summed E-state index contributed by atoms with van der Waals surface area (Å²) in [5, 5.41) is 14.1. The van der Waals surface area contributed by atoms with E-state index in [2.05, 4.69) is 16.0 Å². The predicted molar refractivity (Wildman–Crippen MR) is 98.2 cm³/mol. The van der Waals surface area contributed by atoms with Gasteiger partial charge in [0.1, 0.15) is 0 Å². The molecule has 27 heavy (non-hydrogen) atoms. The summed E-state index contributed by atoms with van der Waals surface area (Å²) < 4.78 is 1.40. The monoisotopic (exact) mass is 362 g/mol. The molecule has 1 fully saturated rings. The highest BCUT2D eigenvalue weighted by atomic mass is 16.3. The molecule has 0 bridgehead atoms. The highest BCUT2D eigenvalue weighted by Gasteiger charge is 2.51. The lowest BCUT2D eigenvalue weighted by molar-refractivity contribution is -0.124. The Morgan fingerprint density at radius 1 is 0.963 bits per heavy atom. The van der Waals surface area contributed by atoms with E-state index in [-0.39, 0.29) is 17.4 Å². The summed E-state index contributed by atoms with van der Waals surface area (Å²) in [4.78, 5) is 24.9. The minimum Gasteiger partial charge on any atom is -0.504 e. The number of aromatic nitrogens is 2. The van der Waals surface area contributed by atoms with E-state index in [9.17, 15) is 14.7 Å². The van der Waals surface area contributed by atoms with Gasteiger partial charge in [-0.25, -0.2) is 4.68 Å². The van der Waals surface area contributed by atoms with Crippen molar-refractivity contribution in [3.8, 4) is 11.4 Å². The second kappa shape index (κ2) is 6.60. The zero-order valence-corrected chi connectivity index (χ0v) is 14.4. The van der Waals surface area contributed by atoms with Gasteiger partial charge in [0.05, 0.1) is 17.3 Å². The van der Waals surface area contributed by atoms with Crippen molar-refractivity contribution >= 4 is 11.8 Å². The van der Waals surface area contributed by atoms with Crippen molar-refractivity contribution < 1.29 is 14.7 Å². The van der Waals surface area contributed by atoms with Gasteiger partial charge in [0, 0.05) is 0 Å². The molecule has 3 aromatic rings. The fourth-order valence-corrected chi connectivity index (χ4v) is 3.06. The van der Waals surface area contributed by atoms with E-state index in [0.29, 0.717) is 5.69 Å². The maximum atomic E-state index is 12.6. The molecule has 0 spiro atoms. The van der Waals surface area contributed by atoms with Crippen molar-refractivity contribution in [1.29, 1.82) is 0 Å². The molecule has 1 aromatic heterocycles. The quantitative estimate of drug-likeness (QED) is 0.619. The molecule has 0 saturated heterocycles. The van der Waals surface area contributed by atoms with Crippen LogP contribution in [0.25, 0.3) is 5.69 Å². The van der Waals surface area contributed by atoms with Crippen LogP contribution in [0.1, 0.15) is 28.9 Å². The van der Waals surface area contributed by atoms with Crippen LogP contribution in [0.5, 0.6) is 5.75 Å². The van der Waals surface area contributed by atoms with Crippen LogP contribution in [-0.4, -0.2) is 26.7 Å². The van der Waals surface area contributed by atoms with Crippen LogP contribution < -0.4 is 10.9 Å². The first-order chi connectivity index (χ1) is 13.1. The largest absolute Gasteiger partial charge is 0.504 e. The lowest BCUT2D eigenvalue weighted by Crippen LogP contribution is -2.46. The first kappa shape index (κ1) is 16.8. The Morgan fingerprint density at radius 2 is 1.59 bits per heavy atom. The van der Waals surface area contributed by atoms with Crippen LogP contribution in [0.2, 0.25) is 0 Å². The highest BCUT2D eigenvalue weighted by molar-refractivity contribution is 5.98. The average molecular weight is 362 g/mol. The number of benzene rings is 2. The predicted octanol–water partition coefficient (Wildman–Crippen LogP) is 2.07. The molecule has 7 heteroatoms. The summed E-state index contributed by atoms with van der Waals surface area (Å²) in [6.07, 6.45) is 2.80. The molecule has 1 aliphatic rings. The Hall–Kier alpha value is -3.61. The number of amides is 2. The molecule has 0 aliphatic heterocycles. The molecule has 136 valence electrons. The number of nitrogens with one attached hydrogen (secondary N) is 2. The molecule has 2 amide bonds. The highest BCUT2D eigenvalue weighted by Crippen LogP contribution is 2.48. The van der Waals surface area contributed by atoms with Crippen molar-refractivity contribution in [2.45, 2.75) is 18.3 Å². The zero-order chi connectivity index (χ0) is 18.9. The van der Waals surface area contributed by atoms with Gasteiger partial charge in [-0.05, 0) is 30.5 Å². The minimum atomic E-state index is -0.681. The molecule has 0 atom stereocenters. The van der Waals surface area contributed by atoms with Crippen LogP contribution in [0.4, 0.5) is 0 Å². The molecule has 7 nitrogen and oxygen atoms in total. The Kier molecular flexibility index (Phi) is 4.12. The van der Waals surface area contributed by atoms with E-state index >= 15 is 0 Å². The van der Waals surface area contributed by atoms with Crippen molar-refractivity contribution in [3.63, 3.8) is 0 Å². The second-order valence-electron chi connectivity index (χ2n) is 6.50. The van der Waals surface area contributed by atoms with Gasteiger partial charge in [-0.15, -0.1) is 0 Å². The van der Waals surface area contributed by atoms with Gasteiger partial charge < -0.3 is 5.11 Å². The number of hydrazine groups is 1. The van der Waals surface area contributed by atoms with Gasteiger partial charge in [0.15, 0.2) is 11.4 Å². The number of para-hydroxylation sites is 1. The van der Waals surface area contributed by atoms with E-state index in [1.165, 1.54) is 10.9 Å². The molecule has 2 aromatic carbocycles. The molecule has 1 saturated carbocycles. The lowest BCUT2D eigenvalue weighted by atomic mass is 9.95. The van der Waals surface area contributed by atoms with E-state index in [1.54, 1.807) is 12.1 Å². The van der Waals surface area contributed by atoms with Crippen molar-refractivity contribution in [2.24, 2.45) is 0 Å². The summed E-state index contributed by atoms with van der Waals surface area (Å²) in [5.74, 6) is -1.22. The Labute approximate surface area is 155 Å². The number of hydrogen-bond donors (Lipinski definition) is 3. The van der Waals surface area contributed by atoms with Crippen LogP contribution >= 0.6 is 0 Å². The molecule has 0 radical (unpaired) electrons. The van der Waals surface area contributed by atoms with Gasteiger partial charge >= 0.3 is 0 Å². The number of carbonyl (C=O) groups excluding carboxylic acids is 2. The van der Waals surface area contributed by atoms with Gasteiger partial charge in [0.2, 0.25) is 5.91 Å².